The van der Waals surface area contributed by atoms with Crippen LogP contribution in [0.5, 0.6) is 0 Å². The fourth-order valence-electron chi connectivity index (χ4n) is 5.20. The molecule has 3 aromatic rings. The van der Waals surface area contributed by atoms with Crippen molar-refractivity contribution in [1.29, 1.82) is 0 Å². The fourth-order valence-corrected chi connectivity index (χ4v) is 5.20. The molecule has 1 aliphatic heterocycles. The Kier molecular flexibility index (Phi) is 7.64. The minimum Gasteiger partial charge on any atom is -0.372 e. The van der Waals surface area contributed by atoms with E-state index in [2.05, 4.69) is 71.0 Å². The molecule has 0 atom stereocenters. The van der Waals surface area contributed by atoms with Crippen LogP contribution < -0.4 is 5.32 Å². The zero-order valence-electron chi connectivity index (χ0n) is 20.2. The minimum atomic E-state index is 0.527. The summed E-state index contributed by atoms with van der Waals surface area (Å²) in [7, 11) is 0. The highest BCUT2D eigenvalue weighted by Gasteiger charge is 2.21. The smallest absolute Gasteiger partial charge is 0.132 e. The summed E-state index contributed by atoms with van der Waals surface area (Å²) in [4.78, 5) is 14.6. The Morgan fingerprint density at radius 2 is 1.50 bits per heavy atom. The second kappa shape index (κ2) is 11.4. The molecule has 0 radical (unpaired) electrons. The maximum Gasteiger partial charge on any atom is 0.132 e. The van der Waals surface area contributed by atoms with Gasteiger partial charge in [0.2, 0.25) is 0 Å². The lowest BCUT2D eigenvalue weighted by molar-refractivity contribution is 0.657. The van der Waals surface area contributed by atoms with Gasteiger partial charge in [0.15, 0.2) is 0 Å². The largest absolute Gasteiger partial charge is 0.372 e. The molecule has 1 aliphatic carbocycles. The molecule has 2 aromatic carbocycles. The lowest BCUT2D eigenvalue weighted by Crippen LogP contribution is -2.18. The summed E-state index contributed by atoms with van der Waals surface area (Å²) < 4.78 is 0. The molecule has 0 spiro atoms. The van der Waals surface area contributed by atoms with Crippen LogP contribution >= 0.6 is 0 Å². The Bertz CT molecular complexity index is 1080. The van der Waals surface area contributed by atoms with Crippen LogP contribution in [0.25, 0.3) is 11.3 Å². The molecule has 0 bridgehead atoms. The molecule has 1 saturated carbocycles. The van der Waals surface area contributed by atoms with Gasteiger partial charge >= 0.3 is 0 Å². The summed E-state index contributed by atoms with van der Waals surface area (Å²) >= 11 is 0. The predicted molar refractivity (Wildman–Crippen MR) is 140 cm³/mol. The average Bonchev–Trinajstić information content (AvgIpc) is 3.60. The molecule has 0 saturated heterocycles. The number of amidine groups is 1. The molecular formula is C30H36N4. The van der Waals surface area contributed by atoms with Crippen LogP contribution in [0.4, 0.5) is 0 Å². The molecule has 1 aromatic heterocycles. The lowest BCUT2D eigenvalue weighted by Gasteiger charge is -2.13. The predicted octanol–water partition coefficient (Wildman–Crippen LogP) is 6.30. The van der Waals surface area contributed by atoms with Gasteiger partial charge in [0.1, 0.15) is 5.82 Å². The monoisotopic (exact) mass is 452 g/mol. The molecule has 0 unspecified atom stereocenters. The zero-order valence-corrected chi connectivity index (χ0v) is 20.2. The van der Waals surface area contributed by atoms with Crippen molar-refractivity contribution in [2.24, 2.45) is 4.99 Å². The number of rotatable bonds is 10. The first-order valence-corrected chi connectivity index (χ1v) is 13.1. The number of aromatic nitrogens is 2. The summed E-state index contributed by atoms with van der Waals surface area (Å²) in [6.45, 7) is 1.93. The van der Waals surface area contributed by atoms with Gasteiger partial charge in [-0.3, -0.25) is 4.99 Å². The van der Waals surface area contributed by atoms with E-state index in [0.717, 1.165) is 63.1 Å². The maximum absolute atomic E-state index is 5.06. The first-order chi connectivity index (χ1) is 16.8. The van der Waals surface area contributed by atoms with E-state index >= 15 is 0 Å². The number of hydrogen-bond acceptors (Lipinski definition) is 4. The molecule has 5 rings (SSSR count). The summed E-state index contributed by atoms with van der Waals surface area (Å²) in [5, 5.41) is 3.37. The van der Waals surface area contributed by atoms with Crippen LogP contribution in [0.15, 0.2) is 65.7 Å². The van der Waals surface area contributed by atoms with Crippen molar-refractivity contribution in [3.05, 3.63) is 83.3 Å². The molecule has 4 heteroatoms. The van der Waals surface area contributed by atoms with Crippen molar-refractivity contribution >= 4 is 5.84 Å². The second-order valence-electron chi connectivity index (χ2n) is 9.73. The summed E-state index contributed by atoms with van der Waals surface area (Å²) in [6, 6.07) is 22.0. The topological polar surface area (TPSA) is 50.2 Å². The van der Waals surface area contributed by atoms with E-state index in [4.69, 9.17) is 9.97 Å². The third-order valence-corrected chi connectivity index (χ3v) is 7.13. The van der Waals surface area contributed by atoms with Crippen molar-refractivity contribution in [3.8, 4) is 11.3 Å². The highest BCUT2D eigenvalue weighted by atomic mass is 15.1. The number of aryl methyl sites for hydroxylation is 3. The van der Waals surface area contributed by atoms with Gasteiger partial charge in [-0.25, -0.2) is 9.97 Å². The van der Waals surface area contributed by atoms with Crippen LogP contribution in [-0.4, -0.2) is 28.9 Å². The van der Waals surface area contributed by atoms with Crippen LogP contribution in [-0.2, 0) is 19.3 Å². The van der Waals surface area contributed by atoms with E-state index in [0.29, 0.717) is 5.92 Å². The molecule has 4 nitrogen and oxygen atoms in total. The van der Waals surface area contributed by atoms with Gasteiger partial charge in [0, 0.05) is 30.1 Å². The van der Waals surface area contributed by atoms with Crippen molar-refractivity contribution in [3.63, 3.8) is 0 Å². The summed E-state index contributed by atoms with van der Waals surface area (Å²) in [5.74, 6) is 2.77. The summed E-state index contributed by atoms with van der Waals surface area (Å²) in [6.07, 6.45) is 11.5. The van der Waals surface area contributed by atoms with Gasteiger partial charge in [-0.2, -0.15) is 0 Å². The Hall–Kier alpha value is -3.01. The van der Waals surface area contributed by atoms with E-state index in [1.165, 1.54) is 53.9 Å². The molecule has 176 valence electrons. The van der Waals surface area contributed by atoms with Crippen LogP contribution in [0.3, 0.4) is 0 Å². The fraction of sp³-hybridized carbons (Fsp3) is 0.433. The summed E-state index contributed by atoms with van der Waals surface area (Å²) in [5.41, 5.74) is 6.27. The Morgan fingerprint density at radius 3 is 2.24 bits per heavy atom. The number of benzene rings is 2. The van der Waals surface area contributed by atoms with Crippen LogP contribution in [0, 0.1) is 0 Å². The number of aliphatic imine (C=N–C) groups is 1. The molecule has 1 fully saturated rings. The van der Waals surface area contributed by atoms with Crippen molar-refractivity contribution in [2.45, 2.75) is 70.1 Å². The number of nitrogens with zero attached hydrogens (tertiary/aromatic N) is 3. The van der Waals surface area contributed by atoms with Crippen molar-refractivity contribution < 1.29 is 0 Å². The number of nitrogens with one attached hydrogen (secondary N) is 1. The van der Waals surface area contributed by atoms with Gasteiger partial charge in [0.25, 0.3) is 0 Å². The highest BCUT2D eigenvalue weighted by molar-refractivity contribution is 5.83. The van der Waals surface area contributed by atoms with Gasteiger partial charge in [-0.1, -0.05) is 67.4 Å². The molecule has 2 heterocycles. The highest BCUT2D eigenvalue weighted by Crippen LogP contribution is 2.33. The lowest BCUT2D eigenvalue weighted by atomic mass is 10.0. The van der Waals surface area contributed by atoms with Gasteiger partial charge in [-0.15, -0.1) is 0 Å². The molecule has 2 aliphatic rings. The standard InChI is InChI=1S/C30H36N4/c1-2-8-23(9-3-1)10-6-14-27-22-28(34-30(33-27)26-12-4-5-13-26)25-18-16-24(17-19-25)11-7-15-29-31-20-21-32-29/h1-3,8-9,16-19,22,26H,4-7,10-15,20-21H2,(H,31,32). The third-order valence-electron chi connectivity index (χ3n) is 7.13. The first kappa shape index (κ1) is 22.8. The van der Waals surface area contributed by atoms with Crippen molar-refractivity contribution in [1.82, 2.24) is 15.3 Å². The van der Waals surface area contributed by atoms with E-state index in [1.54, 1.807) is 0 Å². The average molecular weight is 453 g/mol. The van der Waals surface area contributed by atoms with Crippen LogP contribution in [0.1, 0.15) is 73.5 Å². The van der Waals surface area contributed by atoms with Crippen LogP contribution in [0.2, 0.25) is 0 Å². The SMILES string of the molecule is c1ccc(CCCc2cc(-c3ccc(CCCC4=NCCN4)cc3)nc(C3CCCC3)n2)cc1. The van der Waals surface area contributed by atoms with E-state index < -0.39 is 0 Å². The maximum atomic E-state index is 5.06. The van der Waals surface area contributed by atoms with E-state index in [1.807, 2.05) is 0 Å². The third kappa shape index (κ3) is 6.11. The Morgan fingerprint density at radius 1 is 0.765 bits per heavy atom. The molecule has 0 amide bonds. The second-order valence-corrected chi connectivity index (χ2v) is 9.73. The van der Waals surface area contributed by atoms with Gasteiger partial charge in [0.05, 0.1) is 18.1 Å². The Labute approximate surface area is 204 Å². The Balaban J connectivity index is 1.27. The van der Waals surface area contributed by atoms with Gasteiger partial charge < -0.3 is 5.32 Å². The van der Waals surface area contributed by atoms with Gasteiger partial charge in [-0.05, 0) is 62.1 Å². The molecule has 1 N–H and O–H groups in total. The number of hydrogen-bond donors (Lipinski definition) is 1. The minimum absolute atomic E-state index is 0.527. The van der Waals surface area contributed by atoms with Crippen molar-refractivity contribution in [2.75, 3.05) is 13.1 Å². The zero-order chi connectivity index (χ0) is 23.0. The van der Waals surface area contributed by atoms with E-state index in [-0.39, 0.29) is 0 Å². The van der Waals surface area contributed by atoms with E-state index in [9.17, 15) is 0 Å². The quantitative estimate of drug-likeness (QED) is 0.393. The first-order valence-electron chi connectivity index (χ1n) is 13.1. The normalized spacial score (nSPS) is 15.9. The molecular weight excluding hydrogens is 416 g/mol. The molecule has 34 heavy (non-hydrogen) atoms.